The van der Waals surface area contributed by atoms with E-state index < -0.39 is 104 Å². The summed E-state index contributed by atoms with van der Waals surface area (Å²) in [7, 11) is -23.3. The van der Waals surface area contributed by atoms with Crippen molar-refractivity contribution in [2.24, 2.45) is 11.8 Å². The van der Waals surface area contributed by atoms with Gasteiger partial charge in [-0.1, -0.05) is 46.4 Å². The Morgan fingerprint density at radius 2 is 0.859 bits per heavy atom. The molecule has 78 heavy (non-hydrogen) atoms. The number of likely N-dealkylation sites (tertiary alicyclic amines) is 2. The van der Waals surface area contributed by atoms with E-state index in [0.717, 1.165) is 24.3 Å². The SMILES string of the molecule is O=C1[C@H](Cc2c(Cl)cc(OS(=O)(=O)C(F)(F)F)cc2Cl)CCN1C1CCc2c(ncn2S(=O)(=O)C(F)(F)F)C1.O=C1[C@H](Cc2c(Cl)cc(OS(=O)(=O)C(F)(F)F)cc2Cl)CCN1C1CCc2ncn(S(=O)(=O)C(F)(F)F)c2C1. The number of carbonyl (C=O) groups is 2. The van der Waals surface area contributed by atoms with Crippen LogP contribution in [0, 0.1) is 11.8 Å². The van der Waals surface area contributed by atoms with Crippen LogP contribution in [0.1, 0.15) is 59.6 Å². The molecule has 2 amide bonds. The topological polar surface area (TPSA) is 231 Å². The fraction of sp³-hybridized carbons (Fsp3) is 0.500. The minimum absolute atomic E-state index is 0.0320. The van der Waals surface area contributed by atoms with Crippen LogP contribution in [0.5, 0.6) is 11.5 Å². The number of aryl methyl sites for hydroxylation is 1. The number of aromatic nitrogens is 4. The number of rotatable bonds is 12. The normalized spacial score (nSPS) is 20.8. The van der Waals surface area contributed by atoms with Gasteiger partial charge in [0.2, 0.25) is 11.8 Å². The largest absolute Gasteiger partial charge is 0.534 e. The highest BCUT2D eigenvalue weighted by molar-refractivity contribution is 7.91. The van der Waals surface area contributed by atoms with E-state index in [-0.39, 0.29) is 132 Å². The third-order valence-corrected chi connectivity index (χ3v) is 19.1. The lowest BCUT2D eigenvalue weighted by molar-refractivity contribution is -0.133. The van der Waals surface area contributed by atoms with E-state index in [1.807, 2.05) is 0 Å². The Bertz CT molecular complexity index is 3460. The maximum Gasteiger partial charge on any atom is 0.534 e. The van der Waals surface area contributed by atoms with Crippen molar-refractivity contribution >= 4 is 98.5 Å². The second-order valence-corrected chi connectivity index (χ2v) is 26.0. The van der Waals surface area contributed by atoms with Crippen molar-refractivity contribution in [1.82, 2.24) is 27.7 Å². The highest BCUT2D eigenvalue weighted by atomic mass is 35.5. The molecule has 0 N–H and O–H groups in total. The molecule has 38 heteroatoms. The number of hydrogen-bond donors (Lipinski definition) is 0. The molecule has 2 saturated heterocycles. The number of alkyl halides is 12. The van der Waals surface area contributed by atoms with Gasteiger partial charge in [-0.15, -0.1) is 0 Å². The molecule has 2 aromatic carbocycles. The highest BCUT2D eigenvalue weighted by Crippen LogP contribution is 2.41. The fourth-order valence-corrected chi connectivity index (χ4v) is 13.0. The number of amides is 2. The van der Waals surface area contributed by atoms with E-state index in [9.17, 15) is 95.9 Å². The van der Waals surface area contributed by atoms with Crippen molar-refractivity contribution in [2.75, 3.05) is 13.1 Å². The molecular weight excluding hydrogens is 1250 g/mol. The van der Waals surface area contributed by atoms with Gasteiger partial charge in [0.15, 0.2) is 0 Å². The van der Waals surface area contributed by atoms with Crippen molar-refractivity contribution in [3.8, 4) is 11.5 Å². The van der Waals surface area contributed by atoms with Gasteiger partial charge >= 0.3 is 62.3 Å². The van der Waals surface area contributed by atoms with Crippen LogP contribution in [-0.4, -0.2) is 120 Å². The summed E-state index contributed by atoms with van der Waals surface area (Å²) >= 11 is 24.4. The molecule has 0 spiro atoms. The third-order valence-electron chi connectivity index (χ3n) is 12.9. The second kappa shape index (κ2) is 21.4. The van der Waals surface area contributed by atoms with Crippen molar-refractivity contribution in [2.45, 2.75) is 98.3 Å². The van der Waals surface area contributed by atoms with Crippen LogP contribution < -0.4 is 8.37 Å². The lowest BCUT2D eigenvalue weighted by atomic mass is 9.94. The monoisotopic (exact) mass is 1290 g/mol. The van der Waals surface area contributed by atoms with Crippen LogP contribution >= 0.6 is 46.4 Å². The minimum Gasteiger partial charge on any atom is -0.376 e. The average molecular weight is 1290 g/mol. The molecule has 2 aliphatic heterocycles. The van der Waals surface area contributed by atoms with Crippen LogP contribution in [0.3, 0.4) is 0 Å². The lowest BCUT2D eigenvalue weighted by Crippen LogP contribution is -2.42. The van der Waals surface area contributed by atoms with Gasteiger partial charge in [0.05, 0.1) is 22.8 Å². The summed E-state index contributed by atoms with van der Waals surface area (Å²) in [6.07, 6.45) is 2.15. The van der Waals surface area contributed by atoms with E-state index in [2.05, 4.69) is 18.3 Å². The summed E-state index contributed by atoms with van der Waals surface area (Å²) in [6.45, 7) is 0.467. The molecular formula is C40H34Cl4F12N6O12S4. The maximum atomic E-state index is 13.2. The Balaban J connectivity index is 0.000000226. The second-order valence-electron chi connectivity index (χ2n) is 17.7. The Morgan fingerprint density at radius 3 is 1.24 bits per heavy atom. The Kier molecular flexibility index (Phi) is 16.8. The molecule has 18 nitrogen and oxygen atoms in total. The first-order valence-electron chi connectivity index (χ1n) is 22.0. The molecule has 432 valence electrons. The predicted octanol–water partition coefficient (Wildman–Crippen LogP) is 8.13. The standard InChI is InChI=1S/2C20H17Cl2F6N3O6S2/c21-14-7-12(37-39(35,36)20(26,27)28)8-15(22)13(14)5-10-3-4-30(18(10)32)11-1-2-17-16(6-11)29-9-31(17)38(33,34)19(23,24)25;21-14-7-12(37-39(35,36)20(26,27)28)8-15(22)13(14)5-10-3-4-30(18(10)32)11-1-2-16-17(6-11)31(9-29-16)38(33,34)19(23,24)25/h2*7-11H,1-6H2/t2*10-,11?/m00/s1. The summed E-state index contributed by atoms with van der Waals surface area (Å²) < 4.78 is 254. The zero-order valence-corrected chi connectivity index (χ0v) is 44.8. The molecule has 0 radical (unpaired) electrons. The Hall–Kier alpha value is -4.48. The minimum atomic E-state index is -5.97. The van der Waals surface area contributed by atoms with Crippen LogP contribution in [0.25, 0.3) is 0 Å². The molecule has 4 heterocycles. The summed E-state index contributed by atoms with van der Waals surface area (Å²) in [6, 6.07) is 2.22. The van der Waals surface area contributed by atoms with E-state index in [1.165, 1.54) is 9.80 Å². The summed E-state index contributed by atoms with van der Waals surface area (Å²) in [5.74, 6) is -3.66. The number of carbonyl (C=O) groups excluding carboxylic acids is 2. The van der Waals surface area contributed by atoms with Gasteiger partial charge in [-0.3, -0.25) is 9.59 Å². The van der Waals surface area contributed by atoms with E-state index >= 15 is 0 Å². The number of hydrogen-bond acceptors (Lipinski definition) is 14. The highest BCUT2D eigenvalue weighted by Gasteiger charge is 2.52. The van der Waals surface area contributed by atoms with Gasteiger partial charge in [-0.2, -0.15) is 86.4 Å². The first-order chi connectivity index (χ1) is 35.7. The summed E-state index contributed by atoms with van der Waals surface area (Å²) in [4.78, 5) is 36.9. The van der Waals surface area contributed by atoms with Crippen molar-refractivity contribution < 1.29 is 104 Å². The van der Waals surface area contributed by atoms with Gasteiger partial charge < -0.3 is 18.2 Å². The first-order valence-corrected chi connectivity index (χ1v) is 29.2. The third kappa shape index (κ3) is 12.1. The van der Waals surface area contributed by atoms with Gasteiger partial charge in [0, 0.05) is 94.2 Å². The van der Waals surface area contributed by atoms with E-state index in [0.29, 0.717) is 25.5 Å². The van der Waals surface area contributed by atoms with Crippen molar-refractivity contribution in [3.05, 3.63) is 90.9 Å². The number of imidazole rings is 2. The average Bonchev–Trinajstić information content (AvgIpc) is 4.14. The van der Waals surface area contributed by atoms with Gasteiger partial charge in [0.1, 0.15) is 24.2 Å². The molecule has 4 atom stereocenters. The van der Waals surface area contributed by atoms with Crippen molar-refractivity contribution in [1.29, 1.82) is 0 Å². The number of benzene rings is 2. The van der Waals surface area contributed by atoms with Gasteiger partial charge in [-0.25, -0.2) is 17.9 Å². The predicted molar refractivity (Wildman–Crippen MR) is 248 cm³/mol. The quantitative estimate of drug-likeness (QED) is 0.0741. The van der Waals surface area contributed by atoms with Gasteiger partial charge in [-0.05, 0) is 62.5 Å². The summed E-state index contributed by atoms with van der Waals surface area (Å²) in [5, 5.41) is -0.936. The molecule has 0 saturated carbocycles. The van der Waals surface area contributed by atoms with Crippen molar-refractivity contribution in [3.63, 3.8) is 0 Å². The van der Waals surface area contributed by atoms with E-state index in [4.69, 9.17) is 46.4 Å². The summed E-state index contributed by atoms with van der Waals surface area (Å²) in [5.41, 5.74) is -22.0. The number of nitrogens with zero attached hydrogens (tertiary/aromatic N) is 6. The molecule has 2 fully saturated rings. The van der Waals surface area contributed by atoms with Crippen LogP contribution in [-0.2, 0) is 88.4 Å². The van der Waals surface area contributed by atoms with Crippen LogP contribution in [0.15, 0.2) is 36.9 Å². The molecule has 2 aliphatic carbocycles. The number of halogens is 16. The molecule has 4 aliphatic rings. The van der Waals surface area contributed by atoms with Crippen LogP contribution in [0.4, 0.5) is 52.7 Å². The van der Waals surface area contributed by atoms with Crippen LogP contribution in [0.2, 0.25) is 20.1 Å². The Labute approximate surface area is 453 Å². The zero-order chi connectivity index (χ0) is 58.3. The van der Waals surface area contributed by atoms with E-state index in [1.54, 1.807) is 0 Å². The smallest absolute Gasteiger partial charge is 0.376 e. The fourth-order valence-electron chi connectivity index (χ4n) is 9.17. The molecule has 8 rings (SSSR count). The Morgan fingerprint density at radius 1 is 0.500 bits per heavy atom. The number of fused-ring (bicyclic) bond motifs is 2. The lowest BCUT2D eigenvalue weighted by Gasteiger charge is -2.31. The molecule has 0 bridgehead atoms. The first kappa shape index (κ1) is 61.1. The maximum absolute atomic E-state index is 13.2. The molecule has 4 aromatic rings. The molecule has 2 unspecified atom stereocenters. The molecule has 2 aromatic heterocycles. The van der Waals surface area contributed by atoms with Gasteiger partial charge in [0.25, 0.3) is 0 Å². The zero-order valence-electron chi connectivity index (χ0n) is 38.5.